The van der Waals surface area contributed by atoms with Gasteiger partial charge >= 0.3 is 0 Å². The second-order valence-electron chi connectivity index (χ2n) is 8.75. The van der Waals surface area contributed by atoms with Crippen molar-refractivity contribution in [3.8, 4) is 5.75 Å². The molecule has 4 rings (SSSR count). The fraction of sp³-hybridized carbons (Fsp3) is 0.308. The molecule has 4 aromatic rings. The zero-order chi connectivity index (χ0) is 26.0. The van der Waals surface area contributed by atoms with E-state index >= 15 is 4.39 Å². The lowest BCUT2D eigenvalue weighted by Gasteiger charge is -2.12. The number of rotatable bonds is 9. The Morgan fingerprint density at radius 1 is 1.11 bits per heavy atom. The van der Waals surface area contributed by atoms with E-state index in [0.717, 1.165) is 11.3 Å². The van der Waals surface area contributed by atoms with Crippen LogP contribution in [0.5, 0.6) is 5.75 Å². The summed E-state index contributed by atoms with van der Waals surface area (Å²) in [5, 5.41) is 7.59. The van der Waals surface area contributed by atoms with E-state index in [4.69, 9.17) is 4.74 Å². The fourth-order valence-corrected chi connectivity index (χ4v) is 5.77. The average molecular weight is 513 g/mol. The van der Waals surface area contributed by atoms with E-state index in [9.17, 15) is 13.2 Å². The van der Waals surface area contributed by atoms with Crippen molar-refractivity contribution in [2.75, 3.05) is 13.2 Å². The molecule has 0 saturated carbocycles. The third-order valence-electron chi connectivity index (χ3n) is 6.00. The smallest absolute Gasteiger partial charge is 0.268 e. The number of amides is 1. The molecular weight excluding hydrogens is 483 g/mol. The van der Waals surface area contributed by atoms with Crippen molar-refractivity contribution in [2.45, 2.75) is 45.6 Å². The minimum absolute atomic E-state index is 0.0250. The van der Waals surface area contributed by atoms with Crippen LogP contribution < -0.4 is 10.1 Å². The number of benzene rings is 2. The SMILES string of the molecule is CC(=O)NCCc1c(C)n(S(=O)(=O)c2ccc(C)cc2)c2cc(F)c(OCCn3ccc(C)n3)cc12. The van der Waals surface area contributed by atoms with Gasteiger partial charge < -0.3 is 10.1 Å². The van der Waals surface area contributed by atoms with Gasteiger partial charge in [-0.1, -0.05) is 17.7 Å². The quantitative estimate of drug-likeness (QED) is 0.367. The van der Waals surface area contributed by atoms with Crippen molar-refractivity contribution >= 4 is 26.8 Å². The lowest BCUT2D eigenvalue weighted by molar-refractivity contribution is -0.118. The van der Waals surface area contributed by atoms with Crippen molar-refractivity contribution in [1.29, 1.82) is 0 Å². The minimum Gasteiger partial charge on any atom is -0.489 e. The highest BCUT2D eigenvalue weighted by atomic mass is 32.2. The molecule has 0 aliphatic heterocycles. The van der Waals surface area contributed by atoms with Gasteiger partial charge in [-0.3, -0.25) is 9.48 Å². The highest BCUT2D eigenvalue weighted by molar-refractivity contribution is 7.90. The predicted octanol–water partition coefficient (Wildman–Crippen LogP) is 3.90. The van der Waals surface area contributed by atoms with E-state index < -0.39 is 15.8 Å². The van der Waals surface area contributed by atoms with Crippen molar-refractivity contribution in [1.82, 2.24) is 19.1 Å². The first-order chi connectivity index (χ1) is 17.1. The summed E-state index contributed by atoms with van der Waals surface area (Å²) in [6.45, 7) is 7.79. The summed E-state index contributed by atoms with van der Waals surface area (Å²) < 4.78 is 51.0. The highest BCUT2D eigenvalue weighted by Gasteiger charge is 2.26. The maximum Gasteiger partial charge on any atom is 0.268 e. The van der Waals surface area contributed by atoms with E-state index in [1.807, 2.05) is 26.1 Å². The number of nitrogens with one attached hydrogen (secondary N) is 1. The van der Waals surface area contributed by atoms with E-state index in [0.29, 0.717) is 36.2 Å². The van der Waals surface area contributed by atoms with Gasteiger partial charge in [0.25, 0.3) is 10.0 Å². The molecule has 0 aliphatic carbocycles. The van der Waals surface area contributed by atoms with Gasteiger partial charge in [0.05, 0.1) is 22.7 Å². The molecule has 36 heavy (non-hydrogen) atoms. The molecule has 0 bridgehead atoms. The van der Waals surface area contributed by atoms with E-state index in [1.165, 1.54) is 35.2 Å². The van der Waals surface area contributed by atoms with Crippen LogP contribution in [-0.4, -0.2) is 41.2 Å². The first-order valence-corrected chi connectivity index (χ1v) is 13.0. The lowest BCUT2D eigenvalue weighted by atomic mass is 10.1. The second-order valence-corrected chi connectivity index (χ2v) is 10.5. The van der Waals surface area contributed by atoms with E-state index in [1.54, 1.807) is 23.7 Å². The fourth-order valence-electron chi connectivity index (χ4n) is 4.20. The summed E-state index contributed by atoms with van der Waals surface area (Å²) in [6.07, 6.45) is 2.19. The molecule has 10 heteroatoms. The summed E-state index contributed by atoms with van der Waals surface area (Å²) in [6, 6.07) is 11.1. The number of hydrogen-bond acceptors (Lipinski definition) is 5. The van der Waals surface area contributed by atoms with Gasteiger partial charge in [-0.05, 0) is 57.0 Å². The average Bonchev–Trinajstić information content (AvgIpc) is 3.34. The third kappa shape index (κ3) is 5.13. The summed E-state index contributed by atoms with van der Waals surface area (Å²) in [5.74, 6) is -0.824. The van der Waals surface area contributed by atoms with Gasteiger partial charge in [0, 0.05) is 36.8 Å². The Bertz CT molecular complexity index is 1520. The topological polar surface area (TPSA) is 95.2 Å². The Balaban J connectivity index is 1.76. The molecule has 0 aliphatic rings. The largest absolute Gasteiger partial charge is 0.489 e. The highest BCUT2D eigenvalue weighted by Crippen LogP contribution is 2.34. The van der Waals surface area contributed by atoms with Gasteiger partial charge in [0.1, 0.15) is 6.61 Å². The molecule has 190 valence electrons. The maximum atomic E-state index is 15.2. The van der Waals surface area contributed by atoms with E-state index in [2.05, 4.69) is 10.4 Å². The lowest BCUT2D eigenvalue weighted by Crippen LogP contribution is -2.22. The van der Waals surface area contributed by atoms with Gasteiger partial charge in [-0.15, -0.1) is 0 Å². The van der Waals surface area contributed by atoms with Crippen LogP contribution in [0.2, 0.25) is 0 Å². The number of carbonyl (C=O) groups is 1. The van der Waals surface area contributed by atoms with Gasteiger partial charge in [0.15, 0.2) is 11.6 Å². The maximum absolute atomic E-state index is 15.2. The van der Waals surface area contributed by atoms with Gasteiger partial charge in [-0.25, -0.2) is 16.8 Å². The third-order valence-corrected chi connectivity index (χ3v) is 7.81. The van der Waals surface area contributed by atoms with Crippen molar-refractivity contribution in [2.24, 2.45) is 0 Å². The number of hydrogen-bond donors (Lipinski definition) is 1. The summed E-state index contributed by atoms with van der Waals surface area (Å²) in [5.41, 5.74) is 3.18. The molecule has 0 saturated heterocycles. The summed E-state index contributed by atoms with van der Waals surface area (Å²) >= 11 is 0. The monoisotopic (exact) mass is 512 g/mol. The first-order valence-electron chi connectivity index (χ1n) is 11.6. The molecule has 0 spiro atoms. The van der Waals surface area contributed by atoms with Crippen LogP contribution in [0.4, 0.5) is 4.39 Å². The Labute approximate surface area is 209 Å². The summed E-state index contributed by atoms with van der Waals surface area (Å²) in [4.78, 5) is 11.5. The molecule has 0 fully saturated rings. The molecule has 1 N–H and O–H groups in total. The molecule has 1 amide bonds. The molecule has 0 atom stereocenters. The first kappa shape index (κ1) is 25.4. The molecule has 2 aromatic heterocycles. The van der Waals surface area contributed by atoms with Gasteiger partial charge in [-0.2, -0.15) is 5.10 Å². The van der Waals surface area contributed by atoms with E-state index in [-0.39, 0.29) is 28.7 Å². The normalized spacial score (nSPS) is 11.7. The molecule has 0 unspecified atom stereocenters. The Hall–Kier alpha value is -3.66. The van der Waals surface area contributed by atoms with Crippen LogP contribution in [0.15, 0.2) is 53.6 Å². The second kappa shape index (κ2) is 10.1. The van der Waals surface area contributed by atoms with Gasteiger partial charge in [0.2, 0.25) is 5.91 Å². The number of halogens is 1. The zero-order valence-corrected chi connectivity index (χ0v) is 21.5. The number of ether oxygens (including phenoxy) is 1. The van der Waals surface area contributed by atoms with Crippen LogP contribution in [-0.2, 0) is 27.8 Å². The van der Waals surface area contributed by atoms with Crippen LogP contribution in [0.1, 0.15) is 29.4 Å². The zero-order valence-electron chi connectivity index (χ0n) is 20.7. The van der Waals surface area contributed by atoms with Crippen molar-refractivity contribution in [3.05, 3.63) is 77.0 Å². The van der Waals surface area contributed by atoms with Crippen molar-refractivity contribution in [3.63, 3.8) is 0 Å². The van der Waals surface area contributed by atoms with Crippen LogP contribution in [0, 0.1) is 26.6 Å². The predicted molar refractivity (Wildman–Crippen MR) is 135 cm³/mol. The number of fused-ring (bicyclic) bond motifs is 1. The molecule has 0 radical (unpaired) electrons. The standard InChI is InChI=1S/C26H29FN4O4S/c1-17-5-7-21(8-6-17)36(33,34)31-19(3)22(9-11-28-20(4)32)23-15-26(24(27)16-25(23)31)35-14-13-30-12-10-18(2)29-30/h5-8,10,12,15-16H,9,11,13-14H2,1-4H3,(H,28,32). The molecule has 2 heterocycles. The van der Waals surface area contributed by atoms with Crippen LogP contribution >= 0.6 is 0 Å². The molecule has 8 nitrogen and oxygen atoms in total. The number of nitrogens with zero attached hydrogens (tertiary/aromatic N) is 3. The Morgan fingerprint density at radius 2 is 1.83 bits per heavy atom. The Kier molecular flexibility index (Phi) is 7.16. The Morgan fingerprint density at radius 3 is 2.47 bits per heavy atom. The van der Waals surface area contributed by atoms with Crippen LogP contribution in [0.25, 0.3) is 10.9 Å². The number of aromatic nitrogens is 3. The van der Waals surface area contributed by atoms with Crippen molar-refractivity contribution < 1.29 is 22.3 Å². The van der Waals surface area contributed by atoms with Crippen LogP contribution in [0.3, 0.4) is 0 Å². The molecular formula is C26H29FN4O4S. The number of carbonyl (C=O) groups excluding carboxylic acids is 1. The molecule has 2 aromatic carbocycles. The summed E-state index contributed by atoms with van der Waals surface area (Å²) in [7, 11) is -4.00. The minimum atomic E-state index is -4.00. The number of aryl methyl sites for hydroxylation is 2.